The molecule has 116 valence electrons. The third-order valence-corrected chi connectivity index (χ3v) is 3.62. The summed E-state index contributed by atoms with van der Waals surface area (Å²) in [7, 11) is 0. The average Bonchev–Trinajstić information content (AvgIpc) is 2.83. The van der Waals surface area contributed by atoms with Crippen LogP contribution in [-0.2, 0) is 6.54 Å². The first kappa shape index (κ1) is 14.9. The van der Waals surface area contributed by atoms with Crippen LogP contribution in [0.4, 0.5) is 11.4 Å². The molecule has 1 heterocycles. The van der Waals surface area contributed by atoms with Crippen molar-refractivity contribution in [2.45, 2.75) is 6.54 Å². The second-order valence-electron chi connectivity index (χ2n) is 4.83. The van der Waals surface area contributed by atoms with Crippen molar-refractivity contribution < 1.29 is 9.85 Å². The molecule has 0 bridgehead atoms. The Hall–Kier alpha value is -3.00. The minimum atomic E-state index is -0.663. The zero-order chi connectivity index (χ0) is 16.6. The Balaban J connectivity index is 2.09. The molecule has 0 saturated heterocycles. The topological polar surface area (TPSA) is 104 Å². The van der Waals surface area contributed by atoms with Gasteiger partial charge in [0.1, 0.15) is 0 Å². The smallest absolute Gasteiger partial charge is 0.276 e. The summed E-state index contributed by atoms with van der Waals surface area (Å²) in [6.45, 7) is 0.141. The predicted molar refractivity (Wildman–Crippen MR) is 83.6 cm³/mol. The minimum Gasteiger partial charge on any atom is -0.310 e. The van der Waals surface area contributed by atoms with Crippen LogP contribution in [0, 0.1) is 20.2 Å². The van der Waals surface area contributed by atoms with Gasteiger partial charge >= 0.3 is 0 Å². The van der Waals surface area contributed by atoms with Crippen LogP contribution in [0.5, 0.6) is 0 Å². The third kappa shape index (κ3) is 2.84. The molecule has 0 N–H and O–H groups in total. The van der Waals surface area contributed by atoms with E-state index in [1.807, 2.05) is 12.1 Å². The van der Waals surface area contributed by atoms with E-state index < -0.39 is 9.85 Å². The maximum Gasteiger partial charge on any atom is 0.276 e. The molecule has 0 saturated carbocycles. The molecule has 0 spiro atoms. The molecule has 0 aliphatic rings. The zero-order valence-electron chi connectivity index (χ0n) is 11.5. The van der Waals surface area contributed by atoms with Crippen LogP contribution in [0.1, 0.15) is 5.56 Å². The number of nitrogens with zero attached hydrogens (tertiary/aromatic N) is 4. The molecule has 0 unspecified atom stereocenters. The molecule has 23 heavy (non-hydrogen) atoms. The Morgan fingerprint density at radius 3 is 2.26 bits per heavy atom. The standard InChI is InChI=1S/C14H9ClN4O4/c15-14-16-12-3-1-2-4-13(12)17(14)8-9-5-10(18(20)21)7-11(6-9)19(22)23/h1-7H,8H2. The van der Waals surface area contributed by atoms with E-state index in [4.69, 9.17) is 11.6 Å². The van der Waals surface area contributed by atoms with Gasteiger partial charge in [0.15, 0.2) is 0 Å². The predicted octanol–water partition coefficient (Wildman–Crippen LogP) is 3.55. The fourth-order valence-corrected chi connectivity index (χ4v) is 2.58. The molecule has 2 aromatic carbocycles. The molecule has 0 aliphatic carbocycles. The number of imidazole rings is 1. The number of non-ortho nitro benzene ring substituents is 2. The van der Waals surface area contributed by atoms with Crippen LogP contribution in [0.15, 0.2) is 42.5 Å². The van der Waals surface area contributed by atoms with Crippen LogP contribution < -0.4 is 0 Å². The van der Waals surface area contributed by atoms with Gasteiger partial charge in [0.2, 0.25) is 5.28 Å². The first-order chi connectivity index (χ1) is 11.0. The largest absolute Gasteiger partial charge is 0.310 e. The highest BCUT2D eigenvalue weighted by Gasteiger charge is 2.18. The van der Waals surface area contributed by atoms with E-state index in [9.17, 15) is 20.2 Å². The summed E-state index contributed by atoms with van der Waals surface area (Å²) in [4.78, 5) is 24.8. The van der Waals surface area contributed by atoms with Gasteiger partial charge in [-0.05, 0) is 29.3 Å². The number of hydrogen-bond acceptors (Lipinski definition) is 5. The molecule has 9 heteroatoms. The first-order valence-electron chi connectivity index (χ1n) is 6.49. The van der Waals surface area contributed by atoms with E-state index in [1.165, 1.54) is 12.1 Å². The van der Waals surface area contributed by atoms with E-state index in [2.05, 4.69) is 4.98 Å². The monoisotopic (exact) mass is 332 g/mol. The lowest BCUT2D eigenvalue weighted by molar-refractivity contribution is -0.394. The fourth-order valence-electron chi connectivity index (χ4n) is 2.34. The molecule has 3 rings (SSSR count). The van der Waals surface area contributed by atoms with Crippen molar-refractivity contribution in [2.24, 2.45) is 0 Å². The number of nitro groups is 2. The number of fused-ring (bicyclic) bond motifs is 1. The van der Waals surface area contributed by atoms with Gasteiger partial charge in [-0.25, -0.2) is 4.98 Å². The molecule has 3 aromatic rings. The lowest BCUT2D eigenvalue weighted by atomic mass is 10.1. The van der Waals surface area contributed by atoms with Crippen molar-refractivity contribution in [1.82, 2.24) is 9.55 Å². The highest BCUT2D eigenvalue weighted by Crippen LogP contribution is 2.26. The quantitative estimate of drug-likeness (QED) is 0.536. The van der Waals surface area contributed by atoms with Gasteiger partial charge < -0.3 is 4.57 Å². The second-order valence-corrected chi connectivity index (χ2v) is 5.17. The molecule has 0 radical (unpaired) electrons. The Morgan fingerprint density at radius 1 is 1.04 bits per heavy atom. The lowest BCUT2D eigenvalue weighted by Gasteiger charge is -2.06. The molecule has 0 atom stereocenters. The Bertz CT molecular complexity index is 905. The Kier molecular flexibility index (Phi) is 3.67. The Labute approximate surface area is 134 Å². The van der Waals surface area contributed by atoms with Crippen LogP contribution in [0.3, 0.4) is 0 Å². The fraction of sp³-hybridized carbons (Fsp3) is 0.0714. The summed E-state index contributed by atoms with van der Waals surface area (Å²) in [6, 6.07) is 10.7. The SMILES string of the molecule is O=[N+]([O-])c1cc(Cn2c(Cl)nc3ccccc32)cc([N+](=O)[O-])c1. The lowest BCUT2D eigenvalue weighted by Crippen LogP contribution is -2.02. The third-order valence-electron chi connectivity index (χ3n) is 3.33. The summed E-state index contributed by atoms with van der Waals surface area (Å²) in [5.74, 6) is 0. The van der Waals surface area contributed by atoms with Crippen molar-refractivity contribution in [2.75, 3.05) is 0 Å². The summed E-state index contributed by atoms with van der Waals surface area (Å²) >= 11 is 6.11. The molecular formula is C14H9ClN4O4. The molecular weight excluding hydrogens is 324 g/mol. The second kappa shape index (κ2) is 5.65. The minimum absolute atomic E-state index is 0.141. The molecule has 0 amide bonds. The molecule has 8 nitrogen and oxygen atoms in total. The number of hydrogen-bond donors (Lipinski definition) is 0. The number of halogens is 1. The van der Waals surface area contributed by atoms with Gasteiger partial charge in [0.25, 0.3) is 11.4 Å². The number of rotatable bonds is 4. The maximum absolute atomic E-state index is 10.9. The van der Waals surface area contributed by atoms with Gasteiger partial charge in [-0.1, -0.05) is 12.1 Å². The highest BCUT2D eigenvalue weighted by molar-refractivity contribution is 6.29. The van der Waals surface area contributed by atoms with Gasteiger partial charge in [-0.15, -0.1) is 0 Å². The van der Waals surface area contributed by atoms with Gasteiger partial charge in [0.05, 0.1) is 33.5 Å². The van der Waals surface area contributed by atoms with Crippen LogP contribution in [0.2, 0.25) is 5.28 Å². The van der Waals surface area contributed by atoms with Gasteiger partial charge in [-0.2, -0.15) is 0 Å². The molecule has 0 fully saturated rings. The van der Waals surface area contributed by atoms with Crippen molar-refractivity contribution in [1.29, 1.82) is 0 Å². The van der Waals surface area contributed by atoms with E-state index in [-0.39, 0.29) is 23.2 Å². The van der Waals surface area contributed by atoms with E-state index >= 15 is 0 Å². The van der Waals surface area contributed by atoms with Crippen LogP contribution >= 0.6 is 11.6 Å². The number of benzene rings is 2. The average molecular weight is 333 g/mol. The number of nitro benzene ring substituents is 2. The van der Waals surface area contributed by atoms with E-state index in [0.29, 0.717) is 11.1 Å². The molecule has 0 aliphatic heterocycles. The highest BCUT2D eigenvalue weighted by atomic mass is 35.5. The normalized spacial score (nSPS) is 10.8. The summed E-state index contributed by atoms with van der Waals surface area (Å²) < 4.78 is 1.64. The van der Waals surface area contributed by atoms with Gasteiger partial charge in [0, 0.05) is 12.1 Å². The van der Waals surface area contributed by atoms with E-state index in [0.717, 1.165) is 11.6 Å². The number of para-hydroxylation sites is 2. The summed E-state index contributed by atoms with van der Waals surface area (Å²) in [5.41, 5.74) is 1.14. The summed E-state index contributed by atoms with van der Waals surface area (Å²) in [5, 5.41) is 22.1. The van der Waals surface area contributed by atoms with Gasteiger partial charge in [-0.3, -0.25) is 20.2 Å². The van der Waals surface area contributed by atoms with Crippen molar-refractivity contribution >= 4 is 34.0 Å². The Morgan fingerprint density at radius 2 is 1.65 bits per heavy atom. The molecule has 1 aromatic heterocycles. The van der Waals surface area contributed by atoms with E-state index in [1.54, 1.807) is 16.7 Å². The van der Waals surface area contributed by atoms with Crippen LogP contribution in [0.25, 0.3) is 11.0 Å². The summed E-state index contributed by atoms with van der Waals surface area (Å²) in [6.07, 6.45) is 0. The number of aromatic nitrogens is 2. The first-order valence-corrected chi connectivity index (χ1v) is 6.87. The maximum atomic E-state index is 10.9. The van der Waals surface area contributed by atoms with Crippen molar-refractivity contribution in [3.8, 4) is 0 Å². The zero-order valence-corrected chi connectivity index (χ0v) is 12.3. The van der Waals surface area contributed by atoms with Crippen LogP contribution in [-0.4, -0.2) is 19.4 Å². The van der Waals surface area contributed by atoms with Crippen molar-refractivity contribution in [3.05, 3.63) is 73.5 Å². The van der Waals surface area contributed by atoms with Crippen molar-refractivity contribution in [3.63, 3.8) is 0 Å².